The first-order valence-corrected chi connectivity index (χ1v) is 14.0. The quantitative estimate of drug-likeness (QED) is 0.544. The van der Waals surface area contributed by atoms with Crippen LogP contribution in [0.5, 0.6) is 0 Å². The van der Waals surface area contributed by atoms with Crippen LogP contribution in [0.3, 0.4) is 0 Å². The van der Waals surface area contributed by atoms with Crippen LogP contribution in [-0.4, -0.2) is 74.7 Å². The van der Waals surface area contributed by atoms with Crippen LogP contribution in [0.2, 0.25) is 5.02 Å². The normalized spacial score (nSPS) is 27.9. The van der Waals surface area contributed by atoms with E-state index in [2.05, 4.69) is 41.3 Å². The number of hydrogen-bond donors (Lipinski definition) is 2. The van der Waals surface area contributed by atoms with Gasteiger partial charge in [0.15, 0.2) is 0 Å². The number of piperidine rings is 2. The summed E-state index contributed by atoms with van der Waals surface area (Å²) in [5.74, 6) is 0.0820. The van der Waals surface area contributed by atoms with Gasteiger partial charge in [0.1, 0.15) is 0 Å². The fourth-order valence-corrected chi connectivity index (χ4v) is 6.64. The summed E-state index contributed by atoms with van der Waals surface area (Å²) >= 11 is 6.54. The van der Waals surface area contributed by atoms with E-state index in [0.717, 1.165) is 69.7 Å². The zero-order valence-electron chi connectivity index (χ0n) is 22.5. The van der Waals surface area contributed by atoms with Crippen molar-refractivity contribution in [2.24, 2.45) is 11.3 Å². The van der Waals surface area contributed by atoms with Crippen molar-refractivity contribution in [1.29, 1.82) is 0 Å². The largest absolute Gasteiger partial charge is 0.378 e. The van der Waals surface area contributed by atoms with Crippen LogP contribution in [0, 0.1) is 18.3 Å². The molecule has 200 valence electrons. The highest BCUT2D eigenvalue weighted by Crippen LogP contribution is 2.39. The molecule has 2 amide bonds. The average Bonchev–Trinajstić information content (AvgIpc) is 2.80. The van der Waals surface area contributed by atoms with Gasteiger partial charge in [-0.3, -0.25) is 14.5 Å². The van der Waals surface area contributed by atoms with Crippen LogP contribution >= 0.6 is 11.6 Å². The molecule has 3 saturated heterocycles. The number of ether oxygens (including phenoxy) is 1. The molecular formula is C28H43ClN4O3. The van der Waals surface area contributed by atoms with Crippen LogP contribution < -0.4 is 15.5 Å². The predicted molar refractivity (Wildman–Crippen MR) is 145 cm³/mol. The number of anilines is 1. The summed E-state index contributed by atoms with van der Waals surface area (Å²) in [4.78, 5) is 31.4. The Kier molecular flexibility index (Phi) is 8.52. The molecule has 8 heteroatoms. The lowest BCUT2D eigenvalue weighted by molar-refractivity contribution is -0.138. The zero-order valence-corrected chi connectivity index (χ0v) is 23.3. The van der Waals surface area contributed by atoms with Crippen LogP contribution in [0.15, 0.2) is 12.1 Å². The van der Waals surface area contributed by atoms with Gasteiger partial charge in [-0.2, -0.15) is 0 Å². The molecular weight excluding hydrogens is 476 g/mol. The molecule has 0 aliphatic carbocycles. The van der Waals surface area contributed by atoms with Crippen molar-refractivity contribution in [2.45, 2.75) is 77.9 Å². The minimum Gasteiger partial charge on any atom is -0.378 e. The van der Waals surface area contributed by atoms with E-state index in [-0.39, 0.29) is 23.8 Å². The van der Waals surface area contributed by atoms with E-state index in [1.807, 2.05) is 19.9 Å². The van der Waals surface area contributed by atoms with Crippen LogP contribution in [-0.2, 0) is 9.53 Å². The molecule has 3 aliphatic rings. The summed E-state index contributed by atoms with van der Waals surface area (Å²) in [6.07, 6.45) is 4.71. The predicted octanol–water partition coefficient (Wildman–Crippen LogP) is 4.01. The number of nitrogens with zero attached hydrogens (tertiary/aromatic N) is 2. The second kappa shape index (κ2) is 11.3. The van der Waals surface area contributed by atoms with Crippen molar-refractivity contribution < 1.29 is 14.3 Å². The lowest BCUT2D eigenvalue weighted by Gasteiger charge is -2.44. The number of amides is 2. The molecule has 1 aromatic rings. The summed E-state index contributed by atoms with van der Waals surface area (Å²) in [6.45, 7) is 12.4. The number of nitrogens with one attached hydrogen (secondary N) is 2. The Bertz CT molecular complexity index is 960. The van der Waals surface area contributed by atoms with Crippen LogP contribution in [0.4, 0.5) is 5.69 Å². The van der Waals surface area contributed by atoms with E-state index in [4.69, 9.17) is 16.3 Å². The Labute approximate surface area is 221 Å². The molecule has 7 nitrogen and oxygen atoms in total. The molecule has 3 aliphatic heterocycles. The summed E-state index contributed by atoms with van der Waals surface area (Å²) < 4.78 is 5.36. The fourth-order valence-electron chi connectivity index (χ4n) is 6.42. The maximum absolute atomic E-state index is 13.5. The smallest absolute Gasteiger partial charge is 0.251 e. The van der Waals surface area contributed by atoms with Gasteiger partial charge in [0, 0.05) is 55.0 Å². The third-order valence-corrected chi connectivity index (χ3v) is 9.11. The lowest BCUT2D eigenvalue weighted by atomic mass is 9.67. The molecule has 0 saturated carbocycles. The van der Waals surface area contributed by atoms with E-state index in [0.29, 0.717) is 29.2 Å². The fraction of sp³-hybridized carbons (Fsp3) is 0.714. The van der Waals surface area contributed by atoms with E-state index in [9.17, 15) is 9.59 Å². The number of rotatable bonds is 8. The Hall–Kier alpha value is -1.83. The minimum absolute atomic E-state index is 0.0546. The molecule has 0 radical (unpaired) electrons. The number of hydrogen-bond acceptors (Lipinski definition) is 5. The molecule has 0 spiro atoms. The first-order valence-electron chi connectivity index (χ1n) is 13.6. The van der Waals surface area contributed by atoms with Crippen LogP contribution in [0.25, 0.3) is 0 Å². The molecule has 4 rings (SSSR count). The molecule has 0 bridgehead atoms. The topological polar surface area (TPSA) is 73.9 Å². The highest BCUT2D eigenvalue weighted by atomic mass is 35.5. The number of likely N-dealkylation sites (tertiary alicyclic amines) is 1. The molecule has 3 heterocycles. The minimum atomic E-state index is -0.581. The molecule has 2 N–H and O–H groups in total. The molecule has 36 heavy (non-hydrogen) atoms. The summed E-state index contributed by atoms with van der Waals surface area (Å²) in [7, 11) is 2.11. The lowest BCUT2D eigenvalue weighted by Crippen LogP contribution is -2.58. The Morgan fingerprint density at radius 1 is 1.28 bits per heavy atom. The third kappa shape index (κ3) is 5.39. The average molecular weight is 519 g/mol. The van der Waals surface area contributed by atoms with Gasteiger partial charge in [-0.15, -0.1) is 0 Å². The first kappa shape index (κ1) is 27.2. The van der Waals surface area contributed by atoms with E-state index in [1.165, 1.54) is 0 Å². The number of carbonyl (C=O) groups excluding carboxylic acids is 2. The maximum atomic E-state index is 13.5. The van der Waals surface area contributed by atoms with Crippen molar-refractivity contribution in [3.8, 4) is 0 Å². The monoisotopic (exact) mass is 518 g/mol. The van der Waals surface area contributed by atoms with Gasteiger partial charge in [-0.25, -0.2) is 0 Å². The highest BCUT2D eigenvalue weighted by molar-refractivity contribution is 6.31. The molecule has 3 fully saturated rings. The second-order valence-corrected chi connectivity index (χ2v) is 11.7. The van der Waals surface area contributed by atoms with E-state index >= 15 is 0 Å². The highest BCUT2D eigenvalue weighted by Gasteiger charge is 2.46. The van der Waals surface area contributed by atoms with Gasteiger partial charge in [-0.05, 0) is 63.1 Å². The van der Waals surface area contributed by atoms with Crippen molar-refractivity contribution in [2.75, 3.05) is 44.8 Å². The van der Waals surface area contributed by atoms with E-state index < -0.39 is 5.41 Å². The Morgan fingerprint density at radius 3 is 2.56 bits per heavy atom. The van der Waals surface area contributed by atoms with Crippen molar-refractivity contribution in [3.63, 3.8) is 0 Å². The van der Waals surface area contributed by atoms with Gasteiger partial charge < -0.3 is 20.3 Å². The maximum Gasteiger partial charge on any atom is 0.251 e. The molecule has 1 aromatic carbocycles. The van der Waals surface area contributed by atoms with Gasteiger partial charge in [0.05, 0.1) is 24.7 Å². The van der Waals surface area contributed by atoms with E-state index in [1.54, 1.807) is 6.07 Å². The van der Waals surface area contributed by atoms with Crippen molar-refractivity contribution in [1.82, 2.24) is 15.5 Å². The molecule has 3 unspecified atom stereocenters. The summed E-state index contributed by atoms with van der Waals surface area (Å²) in [6, 6.07) is 4.86. The Morgan fingerprint density at radius 2 is 1.97 bits per heavy atom. The Balaban J connectivity index is 1.47. The summed E-state index contributed by atoms with van der Waals surface area (Å²) in [5.41, 5.74) is 1.92. The van der Waals surface area contributed by atoms with Crippen molar-refractivity contribution >= 4 is 29.1 Å². The van der Waals surface area contributed by atoms with Gasteiger partial charge >= 0.3 is 0 Å². The van der Waals surface area contributed by atoms with Crippen molar-refractivity contribution in [3.05, 3.63) is 28.3 Å². The standard InChI is InChI=1S/C28H43ClN4O3/c1-6-9-28(18(2)12-19(3)31-27(28)35)17-30-26(34)24-13-21(29)14-25(20(24)4)32(5)22-7-10-33(11-8-22)23-15-36-16-23/h13-14,18-19,22-23H,6-12,15-17H2,1-5H3,(H,30,34)(H,31,35). The zero-order chi connectivity index (χ0) is 26.0. The first-order chi connectivity index (χ1) is 17.2. The SMILES string of the molecule is CCCC1(CNC(=O)c2cc(Cl)cc(N(C)C3CCN(C4COC4)CC3)c2C)C(=O)NC(C)CC1C. The second-order valence-electron chi connectivity index (χ2n) is 11.3. The van der Waals surface area contributed by atoms with Gasteiger partial charge in [0.2, 0.25) is 5.91 Å². The number of carbonyl (C=O) groups is 2. The number of benzene rings is 1. The van der Waals surface area contributed by atoms with Gasteiger partial charge in [0.25, 0.3) is 5.91 Å². The summed E-state index contributed by atoms with van der Waals surface area (Å²) in [5, 5.41) is 6.79. The third-order valence-electron chi connectivity index (χ3n) is 8.89. The molecule has 0 aromatic heterocycles. The molecule has 3 atom stereocenters. The van der Waals surface area contributed by atoms with Crippen LogP contribution in [0.1, 0.15) is 68.8 Å². The van der Waals surface area contributed by atoms with Gasteiger partial charge in [-0.1, -0.05) is 31.9 Å². The number of halogens is 1.